The molecule has 3 aromatic heterocycles. The molecule has 0 amide bonds. The monoisotopic (exact) mass is 443 g/mol. The zero-order valence-electron chi connectivity index (χ0n) is 15.8. The predicted molar refractivity (Wildman–Crippen MR) is 124 cm³/mol. The fourth-order valence-corrected chi connectivity index (χ4v) is 5.72. The van der Waals surface area contributed by atoms with Crippen LogP contribution in [0.5, 0.6) is 0 Å². The normalized spacial score (nSPS) is 18.6. The number of thiophene rings is 2. The van der Waals surface area contributed by atoms with E-state index in [0.29, 0.717) is 11.6 Å². The highest BCUT2D eigenvalue weighted by molar-refractivity contribution is 7.20. The van der Waals surface area contributed by atoms with E-state index in [-0.39, 0.29) is 18.6 Å². The number of pyridine rings is 1. The van der Waals surface area contributed by atoms with Crippen LogP contribution in [0, 0.1) is 11.8 Å². The number of hydrogen-bond acceptors (Lipinski definition) is 6. The van der Waals surface area contributed by atoms with E-state index in [2.05, 4.69) is 45.7 Å². The molecule has 0 aromatic carbocycles. The van der Waals surface area contributed by atoms with Crippen LogP contribution in [0.15, 0.2) is 35.7 Å². The van der Waals surface area contributed by atoms with Gasteiger partial charge in [0.15, 0.2) is 0 Å². The van der Waals surface area contributed by atoms with Crippen molar-refractivity contribution in [3.8, 4) is 11.8 Å². The molecule has 0 saturated heterocycles. The molecule has 4 N–H and O–H groups in total. The minimum Gasteiger partial charge on any atom is -0.395 e. The summed E-state index contributed by atoms with van der Waals surface area (Å²) in [5, 5.41) is 15.2. The third-order valence-corrected chi connectivity index (χ3v) is 7.35. The molecule has 0 bridgehead atoms. The van der Waals surface area contributed by atoms with E-state index in [0.717, 1.165) is 45.7 Å². The molecule has 7 heteroatoms. The van der Waals surface area contributed by atoms with Crippen LogP contribution in [0.2, 0.25) is 5.15 Å². The molecule has 1 aliphatic rings. The number of nitrogens with two attached hydrogens (primary N) is 1. The SMILES string of the molecule is N[C@@H]1CC=CC[C@H]1c1sc2c(NCc3cccs3)cc(Cl)nc2c1C#CCCO. The van der Waals surface area contributed by atoms with Gasteiger partial charge in [0, 0.05) is 40.7 Å². The summed E-state index contributed by atoms with van der Waals surface area (Å²) in [6.07, 6.45) is 6.53. The molecule has 0 radical (unpaired) electrons. The predicted octanol–water partition coefficient (Wildman–Crippen LogP) is 5.12. The summed E-state index contributed by atoms with van der Waals surface area (Å²) in [5.74, 6) is 6.53. The van der Waals surface area contributed by atoms with Gasteiger partial charge in [-0.1, -0.05) is 41.7 Å². The van der Waals surface area contributed by atoms with E-state index in [1.54, 1.807) is 22.7 Å². The summed E-state index contributed by atoms with van der Waals surface area (Å²) in [6.45, 7) is 0.773. The van der Waals surface area contributed by atoms with Crippen LogP contribution in [0.3, 0.4) is 0 Å². The standard InChI is InChI=1S/C22H22ClN3OS2/c23-19-12-18(25-13-14-6-5-11-28-14)22-20(26-19)16(8-3-4-10-27)21(29-22)15-7-1-2-9-17(15)24/h1-2,5-6,11-12,15,17,27H,4,7,9-10,13,24H2,(H,25,26)/t15-,17-/m1/s1. The van der Waals surface area contributed by atoms with E-state index in [9.17, 15) is 0 Å². The van der Waals surface area contributed by atoms with Crippen LogP contribution in [0.4, 0.5) is 5.69 Å². The van der Waals surface area contributed by atoms with Crippen LogP contribution < -0.4 is 11.1 Å². The van der Waals surface area contributed by atoms with Gasteiger partial charge in [-0.3, -0.25) is 0 Å². The quantitative estimate of drug-likeness (QED) is 0.291. The second-order valence-corrected chi connectivity index (χ2v) is 9.40. The molecule has 2 atom stereocenters. The number of rotatable bonds is 5. The van der Waals surface area contributed by atoms with Crippen LogP contribution in [-0.4, -0.2) is 22.7 Å². The van der Waals surface area contributed by atoms with Crippen molar-refractivity contribution in [2.45, 2.75) is 37.8 Å². The fraction of sp³-hybridized carbons (Fsp3) is 0.318. The Morgan fingerprint density at radius 1 is 1.34 bits per heavy atom. The highest BCUT2D eigenvalue weighted by Gasteiger charge is 2.27. The first-order chi connectivity index (χ1) is 14.2. The summed E-state index contributed by atoms with van der Waals surface area (Å²) < 4.78 is 1.05. The molecule has 4 rings (SSSR count). The Morgan fingerprint density at radius 2 is 2.21 bits per heavy atom. The van der Waals surface area contributed by atoms with Crippen molar-refractivity contribution >= 4 is 50.2 Å². The molecular weight excluding hydrogens is 422 g/mol. The van der Waals surface area contributed by atoms with E-state index < -0.39 is 0 Å². The van der Waals surface area contributed by atoms with E-state index in [1.165, 1.54) is 4.88 Å². The van der Waals surface area contributed by atoms with Crippen molar-refractivity contribution in [3.63, 3.8) is 0 Å². The lowest BCUT2D eigenvalue weighted by molar-refractivity contribution is 0.305. The first-order valence-electron chi connectivity index (χ1n) is 9.57. The Balaban J connectivity index is 1.81. The Kier molecular flexibility index (Phi) is 6.53. The van der Waals surface area contributed by atoms with E-state index in [1.807, 2.05) is 12.1 Å². The lowest BCUT2D eigenvalue weighted by atomic mass is 9.87. The van der Waals surface area contributed by atoms with Gasteiger partial charge in [0.25, 0.3) is 0 Å². The smallest absolute Gasteiger partial charge is 0.131 e. The van der Waals surface area contributed by atoms with Crippen molar-refractivity contribution in [1.29, 1.82) is 0 Å². The molecule has 150 valence electrons. The Morgan fingerprint density at radius 3 is 2.97 bits per heavy atom. The number of allylic oxidation sites excluding steroid dienone is 1. The molecule has 4 nitrogen and oxygen atoms in total. The minimum absolute atomic E-state index is 0.0396. The third kappa shape index (κ3) is 4.50. The van der Waals surface area contributed by atoms with Gasteiger partial charge in [-0.2, -0.15) is 0 Å². The van der Waals surface area contributed by atoms with Gasteiger partial charge in [-0.25, -0.2) is 4.98 Å². The van der Waals surface area contributed by atoms with Crippen molar-refractivity contribution in [1.82, 2.24) is 4.98 Å². The number of aromatic nitrogens is 1. The van der Waals surface area contributed by atoms with Gasteiger partial charge in [-0.05, 0) is 24.3 Å². The second-order valence-electron chi connectivity index (χ2n) is 6.93. The maximum Gasteiger partial charge on any atom is 0.131 e. The summed E-state index contributed by atoms with van der Waals surface area (Å²) in [4.78, 5) is 7.03. The molecule has 0 spiro atoms. The summed E-state index contributed by atoms with van der Waals surface area (Å²) in [7, 11) is 0. The Labute approximate surface area is 183 Å². The molecule has 29 heavy (non-hydrogen) atoms. The maximum atomic E-state index is 9.14. The number of nitrogens with one attached hydrogen (secondary N) is 1. The summed E-state index contributed by atoms with van der Waals surface area (Å²) >= 11 is 9.80. The average Bonchev–Trinajstić information content (AvgIpc) is 3.35. The van der Waals surface area contributed by atoms with Gasteiger partial charge in [0.05, 0.1) is 22.6 Å². The number of nitrogens with zero attached hydrogens (tertiary/aromatic N) is 1. The largest absolute Gasteiger partial charge is 0.395 e. The Hall–Kier alpha value is -1.88. The van der Waals surface area contributed by atoms with Crippen molar-refractivity contribution < 1.29 is 5.11 Å². The number of fused-ring (bicyclic) bond motifs is 1. The molecule has 0 fully saturated rings. The molecule has 3 aromatic rings. The van der Waals surface area contributed by atoms with Crippen molar-refractivity contribution in [2.75, 3.05) is 11.9 Å². The zero-order chi connectivity index (χ0) is 20.2. The van der Waals surface area contributed by atoms with Crippen LogP contribution in [0.1, 0.15) is 40.5 Å². The lowest BCUT2D eigenvalue weighted by Gasteiger charge is -2.24. The topological polar surface area (TPSA) is 71.2 Å². The maximum absolute atomic E-state index is 9.14. The van der Waals surface area contributed by atoms with Gasteiger partial charge in [0.2, 0.25) is 0 Å². The molecule has 0 aliphatic heterocycles. The summed E-state index contributed by atoms with van der Waals surface area (Å²) in [6, 6.07) is 6.09. The molecule has 0 saturated carbocycles. The molecular formula is C22H22ClN3OS2. The van der Waals surface area contributed by atoms with Gasteiger partial charge < -0.3 is 16.2 Å². The lowest BCUT2D eigenvalue weighted by Crippen LogP contribution is -2.29. The van der Waals surface area contributed by atoms with Gasteiger partial charge in [0.1, 0.15) is 10.7 Å². The highest BCUT2D eigenvalue weighted by atomic mass is 35.5. The van der Waals surface area contributed by atoms with Crippen LogP contribution >= 0.6 is 34.3 Å². The number of aliphatic hydroxyl groups excluding tert-OH is 1. The number of anilines is 1. The number of hydrogen-bond donors (Lipinski definition) is 3. The molecule has 3 heterocycles. The minimum atomic E-state index is 0.0396. The molecule has 0 unspecified atom stereocenters. The van der Waals surface area contributed by atoms with E-state index in [4.69, 9.17) is 22.4 Å². The van der Waals surface area contributed by atoms with Crippen LogP contribution in [-0.2, 0) is 6.54 Å². The van der Waals surface area contributed by atoms with Crippen LogP contribution in [0.25, 0.3) is 10.2 Å². The first-order valence-corrected chi connectivity index (χ1v) is 11.6. The summed E-state index contributed by atoms with van der Waals surface area (Å²) in [5.41, 5.74) is 9.14. The van der Waals surface area contributed by atoms with Gasteiger partial charge in [-0.15, -0.1) is 22.7 Å². The average molecular weight is 444 g/mol. The van der Waals surface area contributed by atoms with Gasteiger partial charge >= 0.3 is 0 Å². The first kappa shape index (κ1) is 20.4. The molecule has 1 aliphatic carbocycles. The number of aliphatic hydroxyl groups is 1. The third-order valence-electron chi connectivity index (χ3n) is 4.94. The van der Waals surface area contributed by atoms with E-state index >= 15 is 0 Å². The van der Waals surface area contributed by atoms with Crippen molar-refractivity contribution in [3.05, 3.63) is 56.2 Å². The Bertz CT molecular complexity index is 1080. The fourth-order valence-electron chi connectivity index (χ4n) is 3.50. The zero-order valence-corrected chi connectivity index (χ0v) is 18.2. The second kappa shape index (κ2) is 9.29. The van der Waals surface area contributed by atoms with Crippen molar-refractivity contribution in [2.24, 2.45) is 5.73 Å². The number of halogens is 1. The highest BCUT2D eigenvalue weighted by Crippen LogP contribution is 2.43.